The molecular weight excluding hydrogens is 611 g/mol. The molecule has 0 atom stereocenters. The van der Waals surface area contributed by atoms with Crippen LogP contribution in [0.3, 0.4) is 0 Å². The Morgan fingerprint density at radius 2 is 1.85 bits per heavy atom. The number of aryl methyl sites for hydroxylation is 2. The van der Waals surface area contributed by atoms with Crippen molar-refractivity contribution in [3.63, 3.8) is 0 Å². The number of methoxy groups -OCH3 is 1. The maximum Gasteiger partial charge on any atom is 0.155 e. The van der Waals surface area contributed by atoms with Gasteiger partial charge in [-0.25, -0.2) is 0 Å². The summed E-state index contributed by atoms with van der Waals surface area (Å²) >= 11 is 1.85. The Morgan fingerprint density at radius 1 is 1.12 bits per heavy atom. The topological polar surface area (TPSA) is 59.4 Å². The molecule has 4 aromatic rings. The number of ether oxygens (including phenoxy) is 1. The molecule has 0 bridgehead atoms. The third-order valence-corrected chi connectivity index (χ3v) is 6.71. The number of carbonyl (C=O) groups excluding carboxylic acids is 1. The summed E-state index contributed by atoms with van der Waals surface area (Å²) < 4.78 is 7.87. The number of carbonyl (C=O) groups is 1. The summed E-state index contributed by atoms with van der Waals surface area (Å²) in [6, 6.07) is 16.2. The first kappa shape index (κ1) is 25.1. The SMILES string of the molecule is CC(=O)/C=C(/C)O.COc1c[c-]c(-c2nccc3c2sc2cc4c(cc23)CCCC4)cc1.[Ir]. The molecule has 173 valence electrons. The van der Waals surface area contributed by atoms with E-state index in [2.05, 4.69) is 29.2 Å². The summed E-state index contributed by atoms with van der Waals surface area (Å²) in [5.41, 5.74) is 5.10. The van der Waals surface area contributed by atoms with Gasteiger partial charge in [-0.3, -0.25) is 4.79 Å². The molecule has 6 heteroatoms. The van der Waals surface area contributed by atoms with Crippen molar-refractivity contribution in [3.05, 3.63) is 71.6 Å². The minimum absolute atomic E-state index is 0. The smallest absolute Gasteiger partial charge is 0.155 e. The fourth-order valence-corrected chi connectivity index (χ4v) is 5.35. The molecule has 0 spiro atoms. The number of allylic oxidation sites excluding steroid dienone is 2. The second kappa shape index (κ2) is 11.1. The Labute approximate surface area is 211 Å². The van der Waals surface area contributed by atoms with Crippen LogP contribution in [0.4, 0.5) is 0 Å². The van der Waals surface area contributed by atoms with Gasteiger partial charge in [0.2, 0.25) is 0 Å². The summed E-state index contributed by atoms with van der Waals surface area (Å²) in [6.45, 7) is 2.85. The van der Waals surface area contributed by atoms with Crippen LogP contribution in [-0.2, 0) is 37.7 Å². The monoisotopic (exact) mass is 637 g/mol. The number of aliphatic hydroxyl groups is 1. The first-order valence-electron chi connectivity index (χ1n) is 10.7. The molecule has 0 aliphatic heterocycles. The third-order valence-electron chi connectivity index (χ3n) is 5.54. The van der Waals surface area contributed by atoms with E-state index in [1.807, 2.05) is 35.7 Å². The summed E-state index contributed by atoms with van der Waals surface area (Å²) in [5.74, 6) is 0.757. The first-order chi connectivity index (χ1) is 15.5. The van der Waals surface area contributed by atoms with E-state index in [9.17, 15) is 4.79 Å². The van der Waals surface area contributed by atoms with Gasteiger partial charge in [-0.2, -0.15) is 0 Å². The molecule has 1 radical (unpaired) electrons. The normalized spacial score (nSPS) is 13.0. The number of rotatable bonds is 3. The van der Waals surface area contributed by atoms with Gasteiger partial charge in [0.25, 0.3) is 0 Å². The van der Waals surface area contributed by atoms with Gasteiger partial charge in [0.05, 0.1) is 12.9 Å². The van der Waals surface area contributed by atoms with Crippen molar-refractivity contribution in [1.82, 2.24) is 4.98 Å². The summed E-state index contributed by atoms with van der Waals surface area (Å²) in [6.07, 6.45) is 8.15. The van der Waals surface area contributed by atoms with Crippen LogP contribution in [0.1, 0.15) is 37.8 Å². The molecule has 4 nitrogen and oxygen atoms in total. The van der Waals surface area contributed by atoms with E-state index in [0.29, 0.717) is 0 Å². The molecule has 5 rings (SSSR count). The molecule has 0 saturated carbocycles. The van der Waals surface area contributed by atoms with Crippen LogP contribution >= 0.6 is 11.3 Å². The van der Waals surface area contributed by atoms with Crippen molar-refractivity contribution in [3.8, 4) is 17.0 Å². The second-order valence-electron chi connectivity index (χ2n) is 8.00. The predicted octanol–water partition coefficient (Wildman–Crippen LogP) is 6.84. The van der Waals surface area contributed by atoms with Gasteiger partial charge in [-0.1, -0.05) is 0 Å². The van der Waals surface area contributed by atoms with E-state index in [1.54, 1.807) is 7.11 Å². The number of hydrogen-bond donors (Lipinski definition) is 1. The third kappa shape index (κ3) is 5.70. The molecule has 0 unspecified atom stereocenters. The number of ketones is 1. The maximum absolute atomic E-state index is 10.0. The molecule has 1 aliphatic carbocycles. The number of nitrogens with zero attached hydrogens (tertiary/aromatic N) is 1. The zero-order chi connectivity index (χ0) is 22.7. The second-order valence-corrected chi connectivity index (χ2v) is 9.05. The van der Waals surface area contributed by atoms with Crippen molar-refractivity contribution in [2.24, 2.45) is 0 Å². The average Bonchev–Trinajstić information content (AvgIpc) is 3.14. The van der Waals surface area contributed by atoms with E-state index in [4.69, 9.17) is 9.84 Å². The van der Waals surface area contributed by atoms with Gasteiger partial charge in [0.1, 0.15) is 0 Å². The van der Waals surface area contributed by atoms with Crippen LogP contribution in [0.5, 0.6) is 5.75 Å². The zero-order valence-corrected chi connectivity index (χ0v) is 22.1. The van der Waals surface area contributed by atoms with Crippen molar-refractivity contribution in [2.75, 3.05) is 7.11 Å². The van der Waals surface area contributed by atoms with Crippen molar-refractivity contribution in [2.45, 2.75) is 39.5 Å². The number of hydrogen-bond acceptors (Lipinski definition) is 5. The number of aliphatic hydroxyl groups excluding tert-OH is 1. The Balaban J connectivity index is 0.000000337. The quantitative estimate of drug-likeness (QED) is 0.152. The van der Waals surface area contributed by atoms with Gasteiger partial charge < -0.3 is 14.8 Å². The fraction of sp³-hybridized carbons (Fsp3) is 0.259. The summed E-state index contributed by atoms with van der Waals surface area (Å²) in [4.78, 5) is 14.7. The van der Waals surface area contributed by atoms with Gasteiger partial charge >= 0.3 is 0 Å². The minimum atomic E-state index is -0.125. The van der Waals surface area contributed by atoms with Gasteiger partial charge in [-0.15, -0.1) is 41.2 Å². The first-order valence-corrected chi connectivity index (χ1v) is 11.5. The number of fused-ring (bicyclic) bond motifs is 4. The van der Waals surface area contributed by atoms with Gasteiger partial charge in [-0.05, 0) is 79.6 Å². The Hall–Kier alpha value is -2.53. The van der Waals surface area contributed by atoms with Crippen molar-refractivity contribution < 1.29 is 34.7 Å². The molecule has 33 heavy (non-hydrogen) atoms. The molecule has 2 aromatic heterocycles. The largest absolute Gasteiger partial charge is 0.540 e. The van der Waals surface area contributed by atoms with Gasteiger partial charge in [0, 0.05) is 53.2 Å². The number of thiophene rings is 1. The van der Waals surface area contributed by atoms with E-state index < -0.39 is 0 Å². The molecule has 1 aliphatic rings. The van der Waals surface area contributed by atoms with E-state index in [1.165, 1.54) is 76.9 Å². The van der Waals surface area contributed by atoms with Gasteiger partial charge in [0.15, 0.2) is 5.78 Å². The summed E-state index contributed by atoms with van der Waals surface area (Å²) in [5, 5.41) is 11.0. The molecule has 0 amide bonds. The number of aromatic nitrogens is 1. The van der Waals surface area contributed by atoms with E-state index >= 15 is 0 Å². The van der Waals surface area contributed by atoms with Crippen molar-refractivity contribution >= 4 is 37.3 Å². The van der Waals surface area contributed by atoms with Crippen LogP contribution in [0.25, 0.3) is 31.4 Å². The standard InChI is InChI=1S/C22H18NOS.C5H8O2.Ir/c1-24-17-8-6-14(7-9-17)21-22-18(10-11-23-21)19-12-15-4-2-3-5-16(15)13-20(19)25-22;1-4(6)3-5(2)7;/h6,8-13H,2-5H2,1H3;3,6H,1-2H3;/q-1;;/b;4-3-;. The summed E-state index contributed by atoms with van der Waals surface area (Å²) in [7, 11) is 1.68. The number of benzene rings is 2. The molecule has 2 aromatic carbocycles. The van der Waals surface area contributed by atoms with Crippen LogP contribution in [0.15, 0.2) is 54.4 Å². The van der Waals surface area contributed by atoms with Crippen LogP contribution in [0.2, 0.25) is 0 Å². The fourth-order valence-electron chi connectivity index (χ4n) is 4.10. The number of pyridine rings is 1. The van der Waals surface area contributed by atoms with Crippen molar-refractivity contribution in [1.29, 1.82) is 0 Å². The Morgan fingerprint density at radius 3 is 2.42 bits per heavy atom. The molecule has 1 N–H and O–H groups in total. The zero-order valence-electron chi connectivity index (χ0n) is 18.9. The molecule has 2 heterocycles. The maximum atomic E-state index is 10.0. The molecular formula is C27H26IrNO3S-. The average molecular weight is 637 g/mol. The Bertz CT molecular complexity index is 1300. The van der Waals surface area contributed by atoms with Crippen LogP contribution < -0.4 is 4.74 Å². The van der Waals surface area contributed by atoms with Crippen LogP contribution in [-0.4, -0.2) is 23.0 Å². The predicted molar refractivity (Wildman–Crippen MR) is 132 cm³/mol. The molecule has 0 fully saturated rings. The Kier molecular flexibility index (Phi) is 8.41. The molecule has 0 saturated heterocycles. The minimum Gasteiger partial charge on any atom is -0.540 e. The van der Waals surface area contributed by atoms with Crippen LogP contribution in [0, 0.1) is 6.07 Å². The van der Waals surface area contributed by atoms with E-state index in [-0.39, 0.29) is 31.6 Å². The van der Waals surface area contributed by atoms with E-state index in [0.717, 1.165) is 17.0 Å².